The molecular weight excluding hydrogens is 326 g/mol. The lowest BCUT2D eigenvalue weighted by Gasteiger charge is -2.22. The molecule has 1 aliphatic rings. The van der Waals surface area contributed by atoms with Gasteiger partial charge < -0.3 is 9.64 Å². The first-order valence-electron chi connectivity index (χ1n) is 8.98. The molecule has 4 heteroatoms. The summed E-state index contributed by atoms with van der Waals surface area (Å²) in [5, 5.41) is 0. The number of anilines is 1. The maximum atomic E-state index is 12.7. The van der Waals surface area contributed by atoms with E-state index >= 15 is 0 Å². The number of esters is 1. The fraction of sp³-hybridized carbons (Fsp3) is 0.364. The number of hydrogen-bond donors (Lipinski definition) is 0. The number of carbonyl (C=O) groups excluding carboxylic acids is 2. The highest BCUT2D eigenvalue weighted by Crippen LogP contribution is 2.28. The zero-order chi connectivity index (χ0) is 18.9. The number of benzene rings is 2. The minimum atomic E-state index is -0.823. The van der Waals surface area contributed by atoms with E-state index in [4.69, 9.17) is 4.74 Å². The van der Waals surface area contributed by atoms with Gasteiger partial charge in [-0.2, -0.15) is 0 Å². The number of rotatable bonds is 3. The van der Waals surface area contributed by atoms with E-state index in [0.717, 1.165) is 23.2 Å². The first-order chi connectivity index (χ1) is 12.3. The number of ether oxygens (including phenoxy) is 1. The van der Waals surface area contributed by atoms with Crippen molar-refractivity contribution < 1.29 is 14.3 Å². The maximum Gasteiger partial charge on any atom is 0.338 e. The van der Waals surface area contributed by atoms with Crippen LogP contribution in [-0.4, -0.2) is 24.5 Å². The molecule has 0 radical (unpaired) electrons. The Bertz CT molecular complexity index is 818. The molecule has 1 amide bonds. The quantitative estimate of drug-likeness (QED) is 0.782. The summed E-state index contributed by atoms with van der Waals surface area (Å²) in [5.41, 5.74) is 3.69. The number of nitrogens with zero attached hydrogens (tertiary/aromatic N) is 1. The molecule has 3 rings (SSSR count). The molecule has 2 aromatic carbocycles. The fourth-order valence-electron chi connectivity index (χ4n) is 3.17. The van der Waals surface area contributed by atoms with Gasteiger partial charge in [-0.25, -0.2) is 4.79 Å². The Morgan fingerprint density at radius 1 is 1.04 bits per heavy atom. The van der Waals surface area contributed by atoms with Gasteiger partial charge in [-0.1, -0.05) is 51.1 Å². The first kappa shape index (κ1) is 18.2. The highest BCUT2D eigenvalue weighted by Gasteiger charge is 2.30. The monoisotopic (exact) mass is 351 g/mol. The van der Waals surface area contributed by atoms with Gasteiger partial charge in [0.2, 0.25) is 0 Å². The third-order valence-corrected chi connectivity index (χ3v) is 4.77. The molecule has 1 atom stereocenters. The van der Waals surface area contributed by atoms with Gasteiger partial charge in [0.15, 0.2) is 6.10 Å². The van der Waals surface area contributed by atoms with Crippen molar-refractivity contribution in [3.8, 4) is 0 Å². The van der Waals surface area contributed by atoms with Crippen LogP contribution in [-0.2, 0) is 21.4 Å². The molecule has 0 aromatic heterocycles. The van der Waals surface area contributed by atoms with Gasteiger partial charge in [-0.05, 0) is 48.1 Å². The Hall–Kier alpha value is -2.62. The van der Waals surface area contributed by atoms with Crippen molar-refractivity contribution in [1.82, 2.24) is 0 Å². The molecule has 0 bridgehead atoms. The summed E-state index contributed by atoms with van der Waals surface area (Å²) in [7, 11) is 0. The van der Waals surface area contributed by atoms with Crippen LogP contribution in [0.3, 0.4) is 0 Å². The average molecular weight is 351 g/mol. The van der Waals surface area contributed by atoms with E-state index in [1.165, 1.54) is 0 Å². The number of para-hydroxylation sites is 1. The van der Waals surface area contributed by atoms with Crippen molar-refractivity contribution in [1.29, 1.82) is 0 Å². The van der Waals surface area contributed by atoms with E-state index in [0.29, 0.717) is 12.1 Å². The van der Waals surface area contributed by atoms with Gasteiger partial charge in [-0.15, -0.1) is 0 Å². The van der Waals surface area contributed by atoms with Crippen LogP contribution in [0.2, 0.25) is 0 Å². The van der Waals surface area contributed by atoms with E-state index in [-0.39, 0.29) is 11.3 Å². The highest BCUT2D eigenvalue weighted by molar-refractivity contribution is 6.00. The zero-order valence-electron chi connectivity index (χ0n) is 15.8. The Kier molecular flexibility index (Phi) is 4.86. The summed E-state index contributed by atoms with van der Waals surface area (Å²) in [5.74, 6) is -0.659. The SMILES string of the molecule is C[C@H](OC(=O)c1ccc(C(C)(C)C)cc1)C(=O)N1CCc2ccccc21. The molecule has 136 valence electrons. The van der Waals surface area contributed by atoms with Gasteiger partial charge in [-0.3, -0.25) is 4.79 Å². The smallest absolute Gasteiger partial charge is 0.338 e. The molecule has 0 fully saturated rings. The second-order valence-corrected chi connectivity index (χ2v) is 7.74. The Balaban J connectivity index is 1.67. The van der Waals surface area contributed by atoms with Crippen LogP contribution < -0.4 is 4.90 Å². The van der Waals surface area contributed by atoms with E-state index in [9.17, 15) is 9.59 Å². The maximum absolute atomic E-state index is 12.7. The van der Waals surface area contributed by atoms with Crippen molar-refractivity contribution in [2.75, 3.05) is 11.4 Å². The van der Waals surface area contributed by atoms with Crippen molar-refractivity contribution in [2.45, 2.75) is 45.6 Å². The van der Waals surface area contributed by atoms with E-state index in [2.05, 4.69) is 20.8 Å². The summed E-state index contributed by atoms with van der Waals surface area (Å²) in [6.07, 6.45) is 0.00701. The van der Waals surface area contributed by atoms with Gasteiger partial charge in [0.05, 0.1) is 5.56 Å². The van der Waals surface area contributed by atoms with E-state index in [1.807, 2.05) is 36.4 Å². The van der Waals surface area contributed by atoms with Gasteiger partial charge in [0.25, 0.3) is 5.91 Å². The number of carbonyl (C=O) groups is 2. The Morgan fingerprint density at radius 3 is 2.35 bits per heavy atom. The van der Waals surface area contributed by atoms with Crippen molar-refractivity contribution >= 4 is 17.6 Å². The molecular formula is C22H25NO3. The van der Waals surface area contributed by atoms with Crippen LogP contribution in [0.5, 0.6) is 0 Å². The molecule has 4 nitrogen and oxygen atoms in total. The second-order valence-electron chi connectivity index (χ2n) is 7.74. The average Bonchev–Trinajstić information content (AvgIpc) is 3.04. The molecule has 0 saturated heterocycles. The second kappa shape index (κ2) is 6.94. The van der Waals surface area contributed by atoms with Crippen LogP contribution in [0, 0.1) is 0 Å². The predicted octanol–water partition coefficient (Wildman–Crippen LogP) is 4.12. The van der Waals surface area contributed by atoms with Crippen LogP contribution in [0.25, 0.3) is 0 Å². The summed E-state index contributed by atoms with van der Waals surface area (Å²) in [6.45, 7) is 8.61. The van der Waals surface area contributed by atoms with Crippen molar-refractivity contribution in [2.24, 2.45) is 0 Å². The van der Waals surface area contributed by atoms with Gasteiger partial charge in [0.1, 0.15) is 0 Å². The van der Waals surface area contributed by atoms with Crippen LogP contribution in [0.1, 0.15) is 49.2 Å². The Morgan fingerprint density at radius 2 is 1.69 bits per heavy atom. The number of amides is 1. The van der Waals surface area contributed by atoms with Gasteiger partial charge in [0, 0.05) is 12.2 Å². The minimum Gasteiger partial charge on any atom is -0.449 e. The third-order valence-electron chi connectivity index (χ3n) is 4.77. The highest BCUT2D eigenvalue weighted by atomic mass is 16.5. The summed E-state index contributed by atoms with van der Waals surface area (Å²) in [6, 6.07) is 15.2. The van der Waals surface area contributed by atoms with Crippen LogP contribution in [0.4, 0.5) is 5.69 Å². The molecule has 1 heterocycles. The molecule has 26 heavy (non-hydrogen) atoms. The standard InChI is InChI=1S/C22H25NO3/c1-15(20(24)23-14-13-16-7-5-6-8-19(16)23)26-21(25)17-9-11-18(12-10-17)22(2,3)4/h5-12,15H,13-14H2,1-4H3/t15-/m0/s1. The minimum absolute atomic E-state index is 0.0227. The van der Waals surface area contributed by atoms with Crippen molar-refractivity contribution in [3.63, 3.8) is 0 Å². The summed E-state index contributed by atoms with van der Waals surface area (Å²) in [4.78, 5) is 26.8. The molecule has 0 spiro atoms. The van der Waals surface area contributed by atoms with Crippen LogP contribution in [0.15, 0.2) is 48.5 Å². The van der Waals surface area contributed by atoms with Gasteiger partial charge >= 0.3 is 5.97 Å². The molecule has 2 aromatic rings. The normalized spacial score (nSPS) is 14.7. The first-order valence-corrected chi connectivity index (χ1v) is 8.98. The zero-order valence-corrected chi connectivity index (χ0v) is 15.8. The summed E-state index contributed by atoms with van der Waals surface area (Å²) >= 11 is 0. The predicted molar refractivity (Wildman–Crippen MR) is 103 cm³/mol. The molecule has 0 unspecified atom stereocenters. The Labute approximate surface area is 154 Å². The molecule has 1 aliphatic heterocycles. The van der Waals surface area contributed by atoms with E-state index in [1.54, 1.807) is 24.0 Å². The lowest BCUT2D eigenvalue weighted by molar-refractivity contribution is -0.126. The van der Waals surface area contributed by atoms with E-state index < -0.39 is 12.1 Å². The molecule has 0 saturated carbocycles. The number of hydrogen-bond acceptors (Lipinski definition) is 3. The molecule has 0 aliphatic carbocycles. The topological polar surface area (TPSA) is 46.6 Å². The lowest BCUT2D eigenvalue weighted by Crippen LogP contribution is -2.39. The largest absolute Gasteiger partial charge is 0.449 e. The third kappa shape index (κ3) is 3.64. The molecule has 0 N–H and O–H groups in total. The van der Waals surface area contributed by atoms with Crippen molar-refractivity contribution in [3.05, 3.63) is 65.2 Å². The fourth-order valence-corrected chi connectivity index (χ4v) is 3.17. The summed E-state index contributed by atoms with van der Waals surface area (Å²) < 4.78 is 5.42. The van der Waals surface area contributed by atoms with Crippen LogP contribution >= 0.6 is 0 Å². The lowest BCUT2D eigenvalue weighted by atomic mass is 9.87. The number of fused-ring (bicyclic) bond motifs is 1.